The zero-order chi connectivity index (χ0) is 18.8. The molecule has 1 amide bonds. The fraction of sp³-hybridized carbons (Fsp3) is 0.579. The maximum absolute atomic E-state index is 12.2. The SMILES string of the molecule is CCNC(=NCc1cccc(NC(=O)C2CCCO2)c1)NC(C)COC. The molecule has 26 heavy (non-hydrogen) atoms. The zero-order valence-electron chi connectivity index (χ0n) is 15.9. The number of guanidine groups is 1. The quantitative estimate of drug-likeness (QED) is 0.486. The normalized spacial score (nSPS) is 18.4. The second-order valence-corrected chi connectivity index (χ2v) is 6.39. The highest BCUT2D eigenvalue weighted by molar-refractivity contribution is 5.94. The van der Waals surface area contributed by atoms with E-state index in [-0.39, 0.29) is 18.1 Å². The van der Waals surface area contributed by atoms with Crippen LogP contribution in [0, 0.1) is 0 Å². The number of carbonyl (C=O) groups is 1. The van der Waals surface area contributed by atoms with Gasteiger partial charge in [0.05, 0.1) is 13.2 Å². The Kier molecular flexibility index (Phi) is 8.37. The lowest BCUT2D eigenvalue weighted by Crippen LogP contribution is -2.43. The molecule has 2 atom stereocenters. The van der Waals surface area contributed by atoms with E-state index in [2.05, 4.69) is 20.9 Å². The number of rotatable bonds is 8. The van der Waals surface area contributed by atoms with E-state index >= 15 is 0 Å². The molecule has 1 aliphatic rings. The number of nitrogens with zero attached hydrogens (tertiary/aromatic N) is 1. The highest BCUT2D eigenvalue weighted by atomic mass is 16.5. The summed E-state index contributed by atoms with van der Waals surface area (Å²) >= 11 is 0. The molecule has 0 spiro atoms. The number of hydrogen-bond donors (Lipinski definition) is 3. The molecule has 0 bridgehead atoms. The Morgan fingerprint density at radius 2 is 2.31 bits per heavy atom. The second-order valence-electron chi connectivity index (χ2n) is 6.39. The van der Waals surface area contributed by atoms with Crippen molar-refractivity contribution in [3.05, 3.63) is 29.8 Å². The minimum absolute atomic E-state index is 0.0773. The van der Waals surface area contributed by atoms with Crippen molar-refractivity contribution in [2.75, 3.05) is 32.2 Å². The van der Waals surface area contributed by atoms with Crippen molar-refractivity contribution >= 4 is 17.6 Å². The molecule has 1 aliphatic heterocycles. The predicted molar refractivity (Wildman–Crippen MR) is 103 cm³/mol. The van der Waals surface area contributed by atoms with Crippen molar-refractivity contribution in [3.63, 3.8) is 0 Å². The van der Waals surface area contributed by atoms with E-state index in [1.807, 2.05) is 38.1 Å². The Balaban J connectivity index is 1.95. The van der Waals surface area contributed by atoms with Gasteiger partial charge in [0.1, 0.15) is 6.10 Å². The third-order valence-electron chi connectivity index (χ3n) is 3.98. The Hall–Kier alpha value is -2.12. The first-order valence-electron chi connectivity index (χ1n) is 9.17. The van der Waals surface area contributed by atoms with E-state index in [4.69, 9.17) is 9.47 Å². The molecule has 1 aromatic rings. The average molecular weight is 362 g/mol. The third-order valence-corrected chi connectivity index (χ3v) is 3.98. The Morgan fingerprint density at radius 3 is 3.00 bits per heavy atom. The van der Waals surface area contributed by atoms with Crippen LogP contribution in [0.1, 0.15) is 32.3 Å². The van der Waals surface area contributed by atoms with Crippen LogP contribution in [0.3, 0.4) is 0 Å². The number of carbonyl (C=O) groups excluding carboxylic acids is 1. The lowest BCUT2D eigenvalue weighted by molar-refractivity contribution is -0.124. The van der Waals surface area contributed by atoms with E-state index in [1.54, 1.807) is 7.11 Å². The lowest BCUT2D eigenvalue weighted by Gasteiger charge is -2.17. The predicted octanol–water partition coefficient (Wildman–Crippen LogP) is 1.89. The molecule has 0 radical (unpaired) electrons. The molecule has 1 saturated heterocycles. The number of anilines is 1. The summed E-state index contributed by atoms with van der Waals surface area (Å²) in [6.07, 6.45) is 1.39. The van der Waals surface area contributed by atoms with Gasteiger partial charge in [0.25, 0.3) is 5.91 Å². The van der Waals surface area contributed by atoms with Gasteiger partial charge in [-0.05, 0) is 44.4 Å². The fourth-order valence-electron chi connectivity index (χ4n) is 2.77. The maximum atomic E-state index is 12.2. The molecule has 2 unspecified atom stereocenters. The first-order chi connectivity index (χ1) is 12.6. The van der Waals surface area contributed by atoms with Crippen molar-refractivity contribution in [2.24, 2.45) is 4.99 Å². The molecular formula is C19H30N4O3. The van der Waals surface area contributed by atoms with Crippen LogP contribution in [0.2, 0.25) is 0 Å². The van der Waals surface area contributed by atoms with Gasteiger partial charge < -0.3 is 25.4 Å². The van der Waals surface area contributed by atoms with Crippen LogP contribution in [0.5, 0.6) is 0 Å². The van der Waals surface area contributed by atoms with Crippen LogP contribution < -0.4 is 16.0 Å². The second kappa shape index (κ2) is 10.8. The summed E-state index contributed by atoms with van der Waals surface area (Å²) in [5, 5.41) is 9.45. The van der Waals surface area contributed by atoms with Gasteiger partial charge in [-0.1, -0.05) is 12.1 Å². The van der Waals surface area contributed by atoms with E-state index in [1.165, 1.54) is 0 Å². The molecule has 1 fully saturated rings. The van der Waals surface area contributed by atoms with Crippen LogP contribution in [0.25, 0.3) is 0 Å². The number of amides is 1. The number of ether oxygens (including phenoxy) is 2. The van der Waals surface area contributed by atoms with Gasteiger partial charge in [0.15, 0.2) is 5.96 Å². The van der Waals surface area contributed by atoms with Gasteiger partial charge in [-0.15, -0.1) is 0 Å². The molecule has 1 heterocycles. The molecule has 0 saturated carbocycles. The van der Waals surface area contributed by atoms with Crippen LogP contribution in [-0.4, -0.2) is 50.9 Å². The van der Waals surface area contributed by atoms with Crippen LogP contribution in [-0.2, 0) is 20.8 Å². The lowest BCUT2D eigenvalue weighted by atomic mass is 10.2. The van der Waals surface area contributed by atoms with Crippen LogP contribution >= 0.6 is 0 Å². The van der Waals surface area contributed by atoms with Crippen molar-refractivity contribution in [1.29, 1.82) is 0 Å². The first-order valence-corrected chi connectivity index (χ1v) is 9.17. The topological polar surface area (TPSA) is 84.0 Å². The van der Waals surface area contributed by atoms with Crippen molar-refractivity contribution in [3.8, 4) is 0 Å². The molecule has 1 aromatic carbocycles. The molecular weight excluding hydrogens is 332 g/mol. The Labute approximate surface area is 155 Å². The van der Waals surface area contributed by atoms with E-state index in [0.717, 1.165) is 36.6 Å². The minimum Gasteiger partial charge on any atom is -0.383 e. The van der Waals surface area contributed by atoms with Crippen molar-refractivity contribution in [2.45, 2.75) is 45.4 Å². The molecule has 7 nitrogen and oxygen atoms in total. The van der Waals surface area contributed by atoms with Gasteiger partial charge in [-0.3, -0.25) is 4.79 Å². The summed E-state index contributed by atoms with van der Waals surface area (Å²) in [5.41, 5.74) is 1.79. The summed E-state index contributed by atoms with van der Waals surface area (Å²) < 4.78 is 10.6. The number of methoxy groups -OCH3 is 1. The molecule has 7 heteroatoms. The highest BCUT2D eigenvalue weighted by Crippen LogP contribution is 2.16. The van der Waals surface area contributed by atoms with Crippen molar-refractivity contribution < 1.29 is 14.3 Å². The van der Waals surface area contributed by atoms with Gasteiger partial charge in [-0.25, -0.2) is 4.99 Å². The summed E-state index contributed by atoms with van der Waals surface area (Å²) in [6.45, 7) is 6.63. The van der Waals surface area contributed by atoms with Gasteiger partial charge in [0, 0.05) is 32.0 Å². The monoisotopic (exact) mass is 362 g/mol. The van der Waals surface area contributed by atoms with Crippen LogP contribution in [0.4, 0.5) is 5.69 Å². The first kappa shape index (κ1) is 20.2. The van der Waals surface area contributed by atoms with E-state index < -0.39 is 0 Å². The largest absolute Gasteiger partial charge is 0.383 e. The van der Waals surface area contributed by atoms with E-state index in [9.17, 15) is 4.79 Å². The standard InChI is InChI=1S/C19H30N4O3/c1-4-20-19(22-14(2)13-25-3)21-12-15-7-5-8-16(11-15)23-18(24)17-9-6-10-26-17/h5,7-8,11,14,17H,4,6,9-10,12-13H2,1-3H3,(H,23,24)(H2,20,21,22). The number of benzene rings is 1. The zero-order valence-corrected chi connectivity index (χ0v) is 15.9. The van der Waals surface area contributed by atoms with E-state index in [0.29, 0.717) is 19.8 Å². The van der Waals surface area contributed by atoms with Crippen LogP contribution in [0.15, 0.2) is 29.3 Å². The molecule has 2 rings (SSSR count). The average Bonchev–Trinajstić information content (AvgIpc) is 3.15. The Bertz CT molecular complexity index is 600. The molecule has 0 aliphatic carbocycles. The maximum Gasteiger partial charge on any atom is 0.253 e. The molecule has 0 aromatic heterocycles. The summed E-state index contributed by atoms with van der Waals surface area (Å²) in [4.78, 5) is 16.8. The van der Waals surface area contributed by atoms with Gasteiger partial charge in [-0.2, -0.15) is 0 Å². The summed E-state index contributed by atoms with van der Waals surface area (Å²) in [5.74, 6) is 0.664. The number of aliphatic imine (C=N–C) groups is 1. The molecule has 3 N–H and O–H groups in total. The third kappa shape index (κ3) is 6.65. The Morgan fingerprint density at radius 1 is 1.46 bits per heavy atom. The summed E-state index contributed by atoms with van der Waals surface area (Å²) in [7, 11) is 1.68. The number of nitrogens with one attached hydrogen (secondary N) is 3. The minimum atomic E-state index is -0.330. The fourth-order valence-corrected chi connectivity index (χ4v) is 2.77. The van der Waals surface area contributed by atoms with Gasteiger partial charge in [0.2, 0.25) is 0 Å². The highest BCUT2D eigenvalue weighted by Gasteiger charge is 2.23. The number of hydrogen-bond acceptors (Lipinski definition) is 4. The summed E-state index contributed by atoms with van der Waals surface area (Å²) in [6, 6.07) is 7.90. The van der Waals surface area contributed by atoms with Crippen molar-refractivity contribution in [1.82, 2.24) is 10.6 Å². The smallest absolute Gasteiger partial charge is 0.253 e. The molecule has 144 valence electrons. The van der Waals surface area contributed by atoms with Gasteiger partial charge >= 0.3 is 0 Å².